The van der Waals surface area contributed by atoms with Crippen molar-refractivity contribution in [1.29, 1.82) is 0 Å². The monoisotopic (exact) mass is 273 g/mol. The molecule has 0 saturated heterocycles. The summed E-state index contributed by atoms with van der Waals surface area (Å²) < 4.78 is 17.0. The second-order valence-electron chi connectivity index (χ2n) is 4.21. The molecule has 0 spiro atoms. The summed E-state index contributed by atoms with van der Waals surface area (Å²) in [7, 11) is 1.80. The number of aryl methyl sites for hydroxylation is 1. The van der Waals surface area contributed by atoms with Crippen LogP contribution in [-0.4, -0.2) is 29.8 Å². The Morgan fingerprint density at radius 2 is 2.25 bits per heavy atom. The number of nitrogens with zero attached hydrogens (tertiary/aromatic N) is 6. The molecule has 3 aromatic rings. The molecule has 1 N–H and O–H groups in total. The van der Waals surface area contributed by atoms with E-state index in [9.17, 15) is 4.39 Å². The SMILES string of the molecule is Cn1nncc1CNc1ccc(-n2cncn2)c(F)c1. The van der Waals surface area contributed by atoms with Gasteiger partial charge in [-0.05, 0) is 18.2 Å². The molecule has 20 heavy (non-hydrogen) atoms. The summed E-state index contributed by atoms with van der Waals surface area (Å²) in [5.74, 6) is -0.372. The van der Waals surface area contributed by atoms with E-state index in [2.05, 4.69) is 25.7 Å². The number of hydrogen-bond acceptors (Lipinski definition) is 5. The van der Waals surface area contributed by atoms with Gasteiger partial charge in [0.1, 0.15) is 18.3 Å². The molecule has 0 unspecified atom stereocenters. The molecule has 1 aromatic carbocycles. The van der Waals surface area contributed by atoms with Gasteiger partial charge >= 0.3 is 0 Å². The van der Waals surface area contributed by atoms with Gasteiger partial charge in [-0.25, -0.2) is 14.1 Å². The van der Waals surface area contributed by atoms with E-state index in [1.165, 1.54) is 23.4 Å². The zero-order valence-electron chi connectivity index (χ0n) is 10.7. The largest absolute Gasteiger partial charge is 0.379 e. The highest BCUT2D eigenvalue weighted by Crippen LogP contribution is 2.17. The van der Waals surface area contributed by atoms with Gasteiger partial charge in [0.2, 0.25) is 0 Å². The van der Waals surface area contributed by atoms with E-state index in [4.69, 9.17) is 0 Å². The zero-order valence-corrected chi connectivity index (χ0v) is 10.7. The maximum Gasteiger partial charge on any atom is 0.150 e. The van der Waals surface area contributed by atoms with Crippen molar-refractivity contribution in [2.24, 2.45) is 7.05 Å². The van der Waals surface area contributed by atoms with Crippen molar-refractivity contribution < 1.29 is 4.39 Å². The third-order valence-corrected chi connectivity index (χ3v) is 2.90. The molecular weight excluding hydrogens is 261 g/mol. The highest BCUT2D eigenvalue weighted by Gasteiger charge is 2.07. The predicted octanol–water partition coefficient (Wildman–Crippen LogP) is 1.15. The summed E-state index contributed by atoms with van der Waals surface area (Å²) >= 11 is 0. The molecule has 7 nitrogen and oxygen atoms in total. The third kappa shape index (κ3) is 2.35. The lowest BCUT2D eigenvalue weighted by atomic mass is 10.2. The van der Waals surface area contributed by atoms with Gasteiger partial charge in [0, 0.05) is 12.7 Å². The van der Waals surface area contributed by atoms with E-state index >= 15 is 0 Å². The van der Waals surface area contributed by atoms with Crippen LogP contribution in [0.4, 0.5) is 10.1 Å². The molecule has 0 aliphatic rings. The van der Waals surface area contributed by atoms with Crippen molar-refractivity contribution in [3.8, 4) is 5.69 Å². The van der Waals surface area contributed by atoms with Crippen LogP contribution in [0, 0.1) is 5.82 Å². The normalized spacial score (nSPS) is 10.7. The molecule has 0 bridgehead atoms. The number of aromatic nitrogens is 6. The zero-order chi connectivity index (χ0) is 13.9. The summed E-state index contributed by atoms with van der Waals surface area (Å²) in [6, 6.07) is 4.85. The van der Waals surface area contributed by atoms with E-state index in [-0.39, 0.29) is 5.82 Å². The molecule has 102 valence electrons. The lowest BCUT2D eigenvalue weighted by molar-refractivity contribution is 0.611. The van der Waals surface area contributed by atoms with Gasteiger partial charge in [-0.15, -0.1) is 5.10 Å². The predicted molar refractivity (Wildman–Crippen MR) is 69.6 cm³/mol. The van der Waals surface area contributed by atoms with E-state index in [1.807, 2.05) is 0 Å². The summed E-state index contributed by atoms with van der Waals surface area (Å²) in [6.45, 7) is 0.519. The minimum absolute atomic E-state index is 0.357. The first kappa shape index (κ1) is 12.3. The Balaban J connectivity index is 1.76. The fourth-order valence-electron chi connectivity index (χ4n) is 1.80. The van der Waals surface area contributed by atoms with Crippen LogP contribution in [0.1, 0.15) is 5.69 Å². The third-order valence-electron chi connectivity index (χ3n) is 2.90. The molecule has 0 aliphatic heterocycles. The molecule has 2 aromatic heterocycles. The molecule has 0 radical (unpaired) electrons. The maximum absolute atomic E-state index is 14.0. The Labute approximate surface area is 114 Å². The maximum atomic E-state index is 14.0. The van der Waals surface area contributed by atoms with Crippen LogP contribution in [0.5, 0.6) is 0 Å². The molecule has 8 heteroatoms. The summed E-state index contributed by atoms with van der Waals surface area (Å²) in [6.07, 6.45) is 4.47. The molecule has 0 atom stereocenters. The standard InChI is InChI=1S/C12H12FN7/c1-19-10(6-16-18-19)5-15-9-2-3-12(11(13)4-9)20-8-14-7-17-20/h2-4,6-8,15H,5H2,1H3. The quantitative estimate of drug-likeness (QED) is 0.772. The van der Waals surface area contributed by atoms with Gasteiger partial charge in [0.05, 0.1) is 18.4 Å². The number of nitrogens with one attached hydrogen (secondary N) is 1. The van der Waals surface area contributed by atoms with Crippen LogP contribution in [-0.2, 0) is 13.6 Å². The molecule has 0 aliphatic carbocycles. The van der Waals surface area contributed by atoms with Gasteiger partial charge < -0.3 is 5.32 Å². The van der Waals surface area contributed by atoms with Gasteiger partial charge in [-0.2, -0.15) is 5.10 Å². The van der Waals surface area contributed by atoms with Gasteiger partial charge in [-0.1, -0.05) is 5.21 Å². The Morgan fingerprint density at radius 3 is 2.90 bits per heavy atom. The lowest BCUT2D eigenvalue weighted by Crippen LogP contribution is -2.06. The highest BCUT2D eigenvalue weighted by molar-refractivity contribution is 5.49. The fourth-order valence-corrected chi connectivity index (χ4v) is 1.80. The number of hydrogen-bond donors (Lipinski definition) is 1. The summed E-state index contributed by atoms with van der Waals surface area (Å²) in [5, 5.41) is 14.6. The Bertz CT molecular complexity index is 704. The molecular formula is C12H12FN7. The van der Waals surface area contributed by atoms with Crippen molar-refractivity contribution >= 4 is 5.69 Å². The van der Waals surface area contributed by atoms with Crippen LogP contribution >= 0.6 is 0 Å². The number of benzene rings is 1. The topological polar surface area (TPSA) is 73.5 Å². The minimum atomic E-state index is -0.372. The van der Waals surface area contributed by atoms with Crippen LogP contribution in [0.15, 0.2) is 37.1 Å². The van der Waals surface area contributed by atoms with Gasteiger partial charge in [-0.3, -0.25) is 4.68 Å². The van der Waals surface area contributed by atoms with E-state index < -0.39 is 0 Å². The van der Waals surface area contributed by atoms with E-state index in [0.717, 1.165) is 5.69 Å². The van der Waals surface area contributed by atoms with Crippen molar-refractivity contribution in [2.45, 2.75) is 6.54 Å². The molecule has 0 saturated carbocycles. The molecule has 0 amide bonds. The highest BCUT2D eigenvalue weighted by atomic mass is 19.1. The average molecular weight is 273 g/mol. The lowest BCUT2D eigenvalue weighted by Gasteiger charge is -2.08. The van der Waals surface area contributed by atoms with Crippen molar-refractivity contribution in [2.75, 3.05) is 5.32 Å². The van der Waals surface area contributed by atoms with Crippen LogP contribution in [0.3, 0.4) is 0 Å². The van der Waals surface area contributed by atoms with Crippen LogP contribution in [0.25, 0.3) is 5.69 Å². The first-order chi connectivity index (χ1) is 9.74. The van der Waals surface area contributed by atoms with Crippen LogP contribution < -0.4 is 5.32 Å². The van der Waals surface area contributed by atoms with E-state index in [1.54, 1.807) is 30.1 Å². The second-order valence-corrected chi connectivity index (χ2v) is 4.21. The summed E-state index contributed by atoms with van der Waals surface area (Å²) in [5.41, 5.74) is 1.94. The average Bonchev–Trinajstić information content (AvgIpc) is 3.08. The molecule has 0 fully saturated rings. The van der Waals surface area contributed by atoms with Crippen molar-refractivity contribution in [3.05, 3.63) is 48.6 Å². The van der Waals surface area contributed by atoms with Gasteiger partial charge in [0.25, 0.3) is 0 Å². The Hall–Kier alpha value is -2.77. The van der Waals surface area contributed by atoms with Gasteiger partial charge in [0.15, 0.2) is 5.82 Å². The first-order valence-electron chi connectivity index (χ1n) is 5.96. The Kier molecular flexibility index (Phi) is 3.12. The van der Waals surface area contributed by atoms with Crippen LogP contribution in [0.2, 0.25) is 0 Å². The number of anilines is 1. The smallest absolute Gasteiger partial charge is 0.150 e. The first-order valence-corrected chi connectivity index (χ1v) is 5.96. The fraction of sp³-hybridized carbons (Fsp3) is 0.167. The number of halogens is 1. The minimum Gasteiger partial charge on any atom is -0.379 e. The second kappa shape index (κ2) is 5.08. The summed E-state index contributed by atoms with van der Waals surface area (Å²) in [4.78, 5) is 3.79. The van der Waals surface area contributed by atoms with Crippen molar-refractivity contribution in [3.63, 3.8) is 0 Å². The number of rotatable bonds is 4. The Morgan fingerprint density at radius 1 is 1.35 bits per heavy atom. The molecule has 3 rings (SSSR count). The van der Waals surface area contributed by atoms with Crippen molar-refractivity contribution in [1.82, 2.24) is 29.8 Å². The van der Waals surface area contributed by atoms with E-state index in [0.29, 0.717) is 17.9 Å². The molecule has 2 heterocycles.